The van der Waals surface area contributed by atoms with E-state index in [1.165, 1.54) is 5.56 Å². The van der Waals surface area contributed by atoms with E-state index in [0.717, 1.165) is 45.0 Å². The molecule has 1 aliphatic heterocycles. The van der Waals surface area contributed by atoms with Gasteiger partial charge in [0.25, 0.3) is 0 Å². The molecule has 2 heterocycles. The van der Waals surface area contributed by atoms with Crippen molar-refractivity contribution in [2.75, 3.05) is 31.1 Å². The van der Waals surface area contributed by atoms with Gasteiger partial charge in [-0.2, -0.15) is 0 Å². The van der Waals surface area contributed by atoms with E-state index in [1.54, 1.807) is 0 Å². The first-order chi connectivity index (χ1) is 8.79. The number of nitrogens with one attached hydrogen (secondary N) is 1. The van der Waals surface area contributed by atoms with Crippen LogP contribution < -0.4 is 10.2 Å². The molecule has 0 aromatic carbocycles. The second-order valence-electron chi connectivity index (χ2n) is 4.78. The summed E-state index contributed by atoms with van der Waals surface area (Å²) in [6, 6.07) is 4.25. The fourth-order valence-corrected chi connectivity index (χ4v) is 2.22. The molecule has 1 atom stereocenters. The first-order valence-corrected chi connectivity index (χ1v) is 6.81. The van der Waals surface area contributed by atoms with E-state index in [9.17, 15) is 0 Å². The zero-order chi connectivity index (χ0) is 12.8. The van der Waals surface area contributed by atoms with Gasteiger partial charge >= 0.3 is 0 Å². The summed E-state index contributed by atoms with van der Waals surface area (Å²) in [6.45, 7) is 8.96. The molecule has 0 bridgehead atoms. The molecule has 0 saturated carbocycles. The van der Waals surface area contributed by atoms with Crippen LogP contribution in [0.5, 0.6) is 0 Å². The van der Waals surface area contributed by atoms with E-state index in [0.29, 0.717) is 0 Å². The lowest BCUT2D eigenvalue weighted by molar-refractivity contribution is 0.0820. The van der Waals surface area contributed by atoms with E-state index >= 15 is 0 Å². The van der Waals surface area contributed by atoms with E-state index in [1.807, 2.05) is 6.20 Å². The Morgan fingerprint density at radius 3 is 3.28 bits per heavy atom. The molecule has 1 fully saturated rings. The minimum absolute atomic E-state index is 0.284. The van der Waals surface area contributed by atoms with Gasteiger partial charge in [-0.15, -0.1) is 0 Å². The Morgan fingerprint density at radius 1 is 1.56 bits per heavy atom. The van der Waals surface area contributed by atoms with Gasteiger partial charge in [-0.25, -0.2) is 4.98 Å². The van der Waals surface area contributed by atoms with Crippen LogP contribution in [0.15, 0.2) is 18.3 Å². The summed E-state index contributed by atoms with van der Waals surface area (Å²) in [6.07, 6.45) is 3.26. The van der Waals surface area contributed by atoms with Gasteiger partial charge in [-0.1, -0.05) is 6.92 Å². The highest BCUT2D eigenvalue weighted by Crippen LogP contribution is 2.16. The van der Waals surface area contributed by atoms with Crippen LogP contribution in [0, 0.1) is 0 Å². The number of nitrogens with zero attached hydrogens (tertiary/aromatic N) is 2. The van der Waals surface area contributed by atoms with E-state index in [-0.39, 0.29) is 6.10 Å². The van der Waals surface area contributed by atoms with Crippen molar-refractivity contribution >= 4 is 5.82 Å². The van der Waals surface area contributed by atoms with Gasteiger partial charge in [0.2, 0.25) is 0 Å². The van der Waals surface area contributed by atoms with Crippen molar-refractivity contribution in [1.29, 1.82) is 0 Å². The summed E-state index contributed by atoms with van der Waals surface area (Å²) in [4.78, 5) is 6.82. The van der Waals surface area contributed by atoms with Crippen LogP contribution in [-0.4, -0.2) is 37.3 Å². The Hall–Kier alpha value is -1.13. The normalized spacial score (nSPS) is 20.8. The molecule has 4 nitrogen and oxygen atoms in total. The molecule has 1 unspecified atom stereocenters. The Balaban J connectivity index is 2.06. The number of ether oxygens (including phenoxy) is 1. The Bertz CT molecular complexity index is 370. The lowest BCUT2D eigenvalue weighted by Gasteiger charge is -2.23. The number of rotatable bonds is 4. The topological polar surface area (TPSA) is 37.4 Å². The van der Waals surface area contributed by atoms with Crippen molar-refractivity contribution in [3.8, 4) is 0 Å². The molecular weight excluding hydrogens is 226 g/mol. The van der Waals surface area contributed by atoms with Gasteiger partial charge in [0, 0.05) is 32.4 Å². The third-order valence-corrected chi connectivity index (χ3v) is 3.17. The Morgan fingerprint density at radius 2 is 2.44 bits per heavy atom. The molecule has 0 spiro atoms. The summed E-state index contributed by atoms with van der Waals surface area (Å²) in [5.74, 6) is 1.07. The molecule has 1 aromatic rings. The van der Waals surface area contributed by atoms with Gasteiger partial charge in [0.1, 0.15) is 5.82 Å². The minimum atomic E-state index is 0.284. The summed E-state index contributed by atoms with van der Waals surface area (Å²) in [5, 5.41) is 3.34. The van der Waals surface area contributed by atoms with Gasteiger partial charge in [0.05, 0.1) is 6.10 Å². The predicted octanol–water partition coefficient (Wildman–Crippen LogP) is 1.81. The second-order valence-corrected chi connectivity index (χ2v) is 4.78. The Labute approximate surface area is 109 Å². The maximum atomic E-state index is 5.67. The number of hydrogen-bond donors (Lipinski definition) is 1. The number of anilines is 1. The minimum Gasteiger partial charge on any atom is -0.377 e. The molecule has 100 valence electrons. The highest BCUT2D eigenvalue weighted by atomic mass is 16.5. The van der Waals surface area contributed by atoms with Gasteiger partial charge < -0.3 is 15.0 Å². The average molecular weight is 249 g/mol. The Kier molecular flexibility index (Phi) is 4.96. The molecule has 0 amide bonds. The first-order valence-electron chi connectivity index (χ1n) is 6.81. The van der Waals surface area contributed by atoms with Crippen LogP contribution in [0.25, 0.3) is 0 Å². The maximum absolute atomic E-state index is 5.67. The predicted molar refractivity (Wildman–Crippen MR) is 73.9 cm³/mol. The number of pyridine rings is 1. The lowest BCUT2D eigenvalue weighted by atomic mass is 10.2. The van der Waals surface area contributed by atoms with Crippen LogP contribution in [0.4, 0.5) is 5.82 Å². The maximum Gasteiger partial charge on any atom is 0.128 e. The third kappa shape index (κ3) is 3.68. The van der Waals surface area contributed by atoms with E-state index in [4.69, 9.17) is 4.74 Å². The van der Waals surface area contributed by atoms with E-state index in [2.05, 4.69) is 41.2 Å². The summed E-state index contributed by atoms with van der Waals surface area (Å²) < 4.78 is 5.67. The van der Waals surface area contributed by atoms with Crippen LogP contribution in [0.2, 0.25) is 0 Å². The van der Waals surface area contributed by atoms with Gasteiger partial charge in [-0.05, 0) is 37.6 Å². The van der Waals surface area contributed by atoms with Gasteiger partial charge in [0.15, 0.2) is 0 Å². The molecule has 1 aromatic heterocycles. The molecule has 2 rings (SSSR count). The molecular formula is C14H23N3O. The second kappa shape index (κ2) is 6.71. The highest BCUT2D eigenvalue weighted by Gasteiger charge is 2.16. The average Bonchev–Trinajstić information content (AvgIpc) is 2.61. The smallest absolute Gasteiger partial charge is 0.128 e. The molecule has 1 N–H and O–H groups in total. The highest BCUT2D eigenvalue weighted by molar-refractivity contribution is 5.41. The van der Waals surface area contributed by atoms with Crippen molar-refractivity contribution in [2.24, 2.45) is 0 Å². The molecule has 1 saturated heterocycles. The SMILES string of the molecule is CCNCc1ccnc(N2CCCOC(C)C2)c1. The lowest BCUT2D eigenvalue weighted by Crippen LogP contribution is -2.30. The molecule has 4 heteroatoms. The standard InChI is InChI=1S/C14H23N3O/c1-3-15-10-13-5-6-16-14(9-13)17-7-4-8-18-12(2)11-17/h5-6,9,12,15H,3-4,7-8,10-11H2,1-2H3. The summed E-state index contributed by atoms with van der Waals surface area (Å²) >= 11 is 0. The van der Waals surface area contributed by atoms with Crippen LogP contribution in [-0.2, 0) is 11.3 Å². The molecule has 0 aliphatic carbocycles. The third-order valence-electron chi connectivity index (χ3n) is 3.17. The number of aromatic nitrogens is 1. The molecule has 0 radical (unpaired) electrons. The summed E-state index contributed by atoms with van der Waals surface area (Å²) in [5.41, 5.74) is 1.29. The van der Waals surface area contributed by atoms with Crippen LogP contribution in [0.1, 0.15) is 25.8 Å². The zero-order valence-corrected chi connectivity index (χ0v) is 11.4. The first kappa shape index (κ1) is 13.3. The fraction of sp³-hybridized carbons (Fsp3) is 0.643. The molecule has 1 aliphatic rings. The quantitative estimate of drug-likeness (QED) is 0.883. The monoisotopic (exact) mass is 249 g/mol. The number of hydrogen-bond acceptors (Lipinski definition) is 4. The van der Waals surface area contributed by atoms with Crippen molar-refractivity contribution in [1.82, 2.24) is 10.3 Å². The van der Waals surface area contributed by atoms with Crippen molar-refractivity contribution in [3.63, 3.8) is 0 Å². The van der Waals surface area contributed by atoms with Crippen molar-refractivity contribution in [3.05, 3.63) is 23.9 Å². The fourth-order valence-electron chi connectivity index (χ4n) is 2.22. The zero-order valence-electron chi connectivity index (χ0n) is 11.4. The van der Waals surface area contributed by atoms with Crippen LogP contribution in [0.3, 0.4) is 0 Å². The van der Waals surface area contributed by atoms with Crippen molar-refractivity contribution in [2.45, 2.75) is 32.9 Å². The van der Waals surface area contributed by atoms with Crippen molar-refractivity contribution < 1.29 is 4.74 Å². The van der Waals surface area contributed by atoms with Crippen LogP contribution >= 0.6 is 0 Å². The largest absolute Gasteiger partial charge is 0.377 e. The van der Waals surface area contributed by atoms with Gasteiger partial charge in [-0.3, -0.25) is 0 Å². The van der Waals surface area contributed by atoms with E-state index < -0.39 is 0 Å². The summed E-state index contributed by atoms with van der Waals surface area (Å²) in [7, 11) is 0. The molecule has 18 heavy (non-hydrogen) atoms.